The Labute approximate surface area is 135 Å². The Morgan fingerprint density at radius 2 is 1.43 bits per heavy atom. The molecule has 3 nitrogen and oxygen atoms in total. The first-order valence-electron chi connectivity index (χ1n) is 6.66. The molecule has 2 atom stereocenters. The zero-order valence-electron chi connectivity index (χ0n) is 13.2. The van der Waals surface area contributed by atoms with E-state index in [1.807, 2.05) is 20.8 Å². The lowest BCUT2D eigenvalue weighted by atomic mass is 9.85. The highest BCUT2D eigenvalue weighted by Gasteiger charge is 2.57. The lowest BCUT2D eigenvalue weighted by molar-refractivity contribution is 0.188. The second-order valence-electron chi connectivity index (χ2n) is 8.22. The molecule has 0 amide bonds. The first-order chi connectivity index (χ1) is 7.68. The molecule has 1 saturated carbocycles. The molecule has 0 unspecified atom stereocenters. The van der Waals surface area contributed by atoms with Crippen LogP contribution in [-0.2, 0) is 10.0 Å². The normalized spacial score (nSPS) is 25.5. The van der Waals surface area contributed by atoms with E-state index in [1.165, 1.54) is 6.26 Å². The zero-order valence-corrected chi connectivity index (χ0v) is 14.0. The van der Waals surface area contributed by atoms with E-state index in [-0.39, 0.29) is 38.6 Å². The van der Waals surface area contributed by atoms with Gasteiger partial charge in [0, 0.05) is 12.1 Å². The zero-order chi connectivity index (χ0) is 14.6. The summed E-state index contributed by atoms with van der Waals surface area (Å²) in [6.45, 7) is 15.5. The summed E-state index contributed by atoms with van der Waals surface area (Å²) in [5, 5.41) is 0. The molecular weight excluding hydrogens is 282 g/mol. The Kier molecular flexibility index (Phi) is 8.60. The quantitative estimate of drug-likeness (QED) is 0.730. The van der Waals surface area contributed by atoms with Gasteiger partial charge in [0.2, 0.25) is 10.0 Å². The van der Waals surface area contributed by atoms with E-state index >= 15 is 0 Å². The van der Waals surface area contributed by atoms with Crippen LogP contribution in [0, 0.1) is 16.7 Å². The molecule has 0 aliphatic heterocycles. The second kappa shape index (κ2) is 6.99. The first kappa shape index (κ1) is 25.8. The van der Waals surface area contributed by atoms with Crippen molar-refractivity contribution in [2.24, 2.45) is 16.7 Å². The van der Waals surface area contributed by atoms with Crippen molar-refractivity contribution in [2.75, 3.05) is 12.8 Å². The molecule has 0 spiro atoms. The molecule has 0 saturated heterocycles. The van der Waals surface area contributed by atoms with Crippen LogP contribution in [0.2, 0.25) is 0 Å². The molecule has 0 N–H and O–H groups in total. The van der Waals surface area contributed by atoms with Gasteiger partial charge in [0.05, 0.1) is 6.26 Å². The van der Waals surface area contributed by atoms with Gasteiger partial charge in [-0.2, -0.15) is 4.31 Å². The van der Waals surface area contributed by atoms with Crippen molar-refractivity contribution in [3.63, 3.8) is 0 Å². The maximum absolute atomic E-state index is 12.0. The minimum Gasteiger partial charge on any atom is -0.212 e. The van der Waals surface area contributed by atoms with E-state index in [2.05, 4.69) is 27.7 Å². The number of rotatable bonds is 3. The number of nitrogens with zero attached hydrogens (tertiary/aromatic N) is 1. The maximum Gasteiger partial charge on any atom is 0.211 e. The van der Waals surface area contributed by atoms with E-state index in [4.69, 9.17) is 0 Å². The van der Waals surface area contributed by atoms with Gasteiger partial charge in [-0.15, -0.1) is 0 Å². The number of hydrogen-bond donors (Lipinski definition) is 0. The van der Waals surface area contributed by atoms with Crippen molar-refractivity contribution in [1.82, 2.24) is 4.31 Å². The van der Waals surface area contributed by atoms with Crippen molar-refractivity contribution in [3.8, 4) is 0 Å². The largest absolute Gasteiger partial charge is 0.212 e. The van der Waals surface area contributed by atoms with Gasteiger partial charge in [-0.3, -0.25) is 0 Å². The van der Waals surface area contributed by atoms with Crippen LogP contribution in [-0.4, -0.2) is 31.1 Å². The third-order valence-electron chi connectivity index (χ3n) is 4.05. The van der Waals surface area contributed by atoms with Gasteiger partial charge in [-0.1, -0.05) is 50.0 Å². The highest BCUT2D eigenvalue weighted by molar-refractivity contribution is 7.88. The Morgan fingerprint density at radius 3 is 1.62 bits per heavy atom. The average Bonchev–Trinajstić information content (AvgIpc) is 2.70. The summed E-state index contributed by atoms with van der Waals surface area (Å²) in [7, 11) is -3.15. The molecule has 0 radical (unpaired) electrons. The van der Waals surface area contributed by atoms with Gasteiger partial charge in [0.1, 0.15) is 0 Å². The lowest BCUT2D eigenvalue weighted by Gasteiger charge is -2.36. The van der Waals surface area contributed by atoms with Crippen LogP contribution in [0.5, 0.6) is 0 Å². The SMILES string of the molecule is C.C.C.CC(C)(C)[C@H]1C[C@@]1(C)CN(C(C)(C)C)S(C)(=O)=O. The molecular formula is C17H41NO2S. The van der Waals surface area contributed by atoms with Crippen LogP contribution >= 0.6 is 0 Å². The third-order valence-corrected chi connectivity index (χ3v) is 5.53. The van der Waals surface area contributed by atoms with Crippen LogP contribution in [0.3, 0.4) is 0 Å². The van der Waals surface area contributed by atoms with Crippen LogP contribution < -0.4 is 0 Å². The molecule has 1 aliphatic rings. The van der Waals surface area contributed by atoms with E-state index in [9.17, 15) is 8.42 Å². The fraction of sp³-hybridized carbons (Fsp3) is 1.00. The fourth-order valence-corrected chi connectivity index (χ4v) is 4.64. The summed E-state index contributed by atoms with van der Waals surface area (Å²) in [5.74, 6) is 0.608. The molecule has 132 valence electrons. The van der Waals surface area contributed by atoms with Crippen LogP contribution in [0.25, 0.3) is 0 Å². The van der Waals surface area contributed by atoms with Crippen LogP contribution in [0.1, 0.15) is 77.2 Å². The molecule has 0 aromatic carbocycles. The number of hydrogen-bond acceptors (Lipinski definition) is 2. The van der Waals surface area contributed by atoms with Gasteiger partial charge >= 0.3 is 0 Å². The highest BCUT2D eigenvalue weighted by atomic mass is 32.2. The predicted octanol–water partition coefficient (Wildman–Crippen LogP) is 5.03. The van der Waals surface area contributed by atoms with E-state index in [0.717, 1.165) is 6.42 Å². The Bertz CT molecular complexity index is 415. The Balaban J connectivity index is -0.00000108. The molecule has 0 bridgehead atoms. The van der Waals surface area contributed by atoms with Crippen molar-refractivity contribution in [2.45, 2.75) is 82.7 Å². The fourth-order valence-electron chi connectivity index (χ4n) is 3.11. The van der Waals surface area contributed by atoms with Gasteiger partial charge in [0.15, 0.2) is 0 Å². The van der Waals surface area contributed by atoms with Crippen LogP contribution in [0.4, 0.5) is 0 Å². The van der Waals surface area contributed by atoms with E-state index < -0.39 is 10.0 Å². The molecule has 4 heteroatoms. The van der Waals surface area contributed by atoms with E-state index in [0.29, 0.717) is 12.5 Å². The Morgan fingerprint density at radius 1 is 1.05 bits per heavy atom. The second-order valence-corrected chi connectivity index (χ2v) is 10.1. The minimum absolute atomic E-state index is 0. The monoisotopic (exact) mass is 323 g/mol. The summed E-state index contributed by atoms with van der Waals surface area (Å²) in [5.41, 5.74) is 0.0477. The van der Waals surface area contributed by atoms with Crippen molar-refractivity contribution in [1.29, 1.82) is 0 Å². The summed E-state index contributed by atoms with van der Waals surface area (Å²) in [6, 6.07) is 0. The number of sulfonamides is 1. The van der Waals surface area contributed by atoms with Crippen molar-refractivity contribution in [3.05, 3.63) is 0 Å². The van der Waals surface area contributed by atoms with Crippen LogP contribution in [0.15, 0.2) is 0 Å². The highest BCUT2D eigenvalue weighted by Crippen LogP contribution is 2.61. The average molecular weight is 324 g/mol. The first-order valence-corrected chi connectivity index (χ1v) is 8.51. The van der Waals surface area contributed by atoms with Gasteiger partial charge < -0.3 is 0 Å². The maximum atomic E-state index is 12.0. The predicted molar refractivity (Wildman–Crippen MR) is 97.2 cm³/mol. The van der Waals surface area contributed by atoms with E-state index in [1.54, 1.807) is 4.31 Å². The Hall–Kier alpha value is -0.0900. The van der Waals surface area contributed by atoms with Gasteiger partial charge in [-0.25, -0.2) is 8.42 Å². The molecule has 0 heterocycles. The minimum atomic E-state index is -3.15. The molecule has 1 rings (SSSR count). The standard InChI is InChI=1S/C14H29NO2S.3CH4/c1-12(2,3)11-9-14(11,7)10-15(13(4,5)6)18(8,16)17;;;/h11H,9-10H2,1-8H3;3*1H4/t11-,14+;;;/m1.../s1. The smallest absolute Gasteiger partial charge is 0.211 e. The summed E-state index contributed by atoms with van der Waals surface area (Å²) in [6.07, 6.45) is 2.44. The summed E-state index contributed by atoms with van der Waals surface area (Å²) < 4.78 is 25.6. The van der Waals surface area contributed by atoms with Crippen molar-refractivity contribution >= 4 is 10.0 Å². The van der Waals surface area contributed by atoms with Crippen molar-refractivity contribution < 1.29 is 8.42 Å². The summed E-state index contributed by atoms with van der Waals surface area (Å²) in [4.78, 5) is 0. The molecule has 21 heavy (non-hydrogen) atoms. The molecule has 1 fully saturated rings. The lowest BCUT2D eigenvalue weighted by Crippen LogP contribution is -2.48. The van der Waals surface area contributed by atoms with Gasteiger partial charge in [-0.05, 0) is 43.9 Å². The molecule has 0 aromatic heterocycles. The summed E-state index contributed by atoms with van der Waals surface area (Å²) >= 11 is 0. The van der Waals surface area contributed by atoms with Gasteiger partial charge in [0.25, 0.3) is 0 Å². The topological polar surface area (TPSA) is 37.4 Å². The molecule has 1 aliphatic carbocycles. The third kappa shape index (κ3) is 6.27. The molecule has 0 aromatic rings.